The Balaban J connectivity index is 2.13. The standard InChI is InChI=1S/C12H10Cl2N2O/c13-11-9(15)4-5-10(12(11)14)17-7-8-3-1-2-6-16-8/h1-6H,7,15H2. The van der Waals surface area contributed by atoms with Crippen LogP contribution >= 0.6 is 23.2 Å². The van der Waals surface area contributed by atoms with Crippen molar-refractivity contribution in [1.29, 1.82) is 0 Å². The van der Waals surface area contributed by atoms with Gasteiger partial charge in [0, 0.05) is 6.20 Å². The predicted molar refractivity (Wildman–Crippen MR) is 69.4 cm³/mol. The Hall–Kier alpha value is -1.45. The van der Waals surface area contributed by atoms with Crippen LogP contribution < -0.4 is 10.5 Å². The third kappa shape index (κ3) is 2.81. The average molecular weight is 269 g/mol. The second-order valence-electron chi connectivity index (χ2n) is 3.39. The molecule has 1 aromatic heterocycles. The number of anilines is 1. The van der Waals surface area contributed by atoms with Crippen LogP contribution in [-0.2, 0) is 6.61 Å². The van der Waals surface area contributed by atoms with E-state index in [4.69, 9.17) is 33.7 Å². The number of nitrogens with two attached hydrogens (primary N) is 1. The van der Waals surface area contributed by atoms with Gasteiger partial charge >= 0.3 is 0 Å². The van der Waals surface area contributed by atoms with Gasteiger partial charge in [0.15, 0.2) is 0 Å². The summed E-state index contributed by atoms with van der Waals surface area (Å²) in [5, 5.41) is 0.632. The quantitative estimate of drug-likeness (QED) is 0.867. The molecule has 0 unspecified atom stereocenters. The zero-order valence-corrected chi connectivity index (χ0v) is 10.4. The molecule has 0 atom stereocenters. The second kappa shape index (κ2) is 5.25. The molecule has 88 valence electrons. The van der Waals surface area contributed by atoms with E-state index in [-0.39, 0.29) is 0 Å². The number of nitrogens with zero attached hydrogens (tertiary/aromatic N) is 1. The van der Waals surface area contributed by atoms with E-state index in [9.17, 15) is 0 Å². The number of pyridine rings is 1. The summed E-state index contributed by atoms with van der Waals surface area (Å²) in [4.78, 5) is 4.14. The molecule has 2 aromatic rings. The van der Waals surface area contributed by atoms with Crippen LogP contribution in [0.5, 0.6) is 5.75 Å². The van der Waals surface area contributed by atoms with Crippen LogP contribution in [0.25, 0.3) is 0 Å². The van der Waals surface area contributed by atoms with Crippen LogP contribution in [0.4, 0.5) is 5.69 Å². The first-order valence-electron chi connectivity index (χ1n) is 4.94. The van der Waals surface area contributed by atoms with Gasteiger partial charge in [-0.3, -0.25) is 4.98 Å². The van der Waals surface area contributed by atoms with Gasteiger partial charge in [-0.2, -0.15) is 0 Å². The fourth-order valence-electron chi connectivity index (χ4n) is 1.29. The highest BCUT2D eigenvalue weighted by Gasteiger charge is 2.09. The van der Waals surface area contributed by atoms with Crippen molar-refractivity contribution in [3.63, 3.8) is 0 Å². The van der Waals surface area contributed by atoms with E-state index in [1.807, 2.05) is 18.2 Å². The Morgan fingerprint density at radius 3 is 2.65 bits per heavy atom. The largest absolute Gasteiger partial charge is 0.486 e. The number of ether oxygens (including phenoxy) is 1. The van der Waals surface area contributed by atoms with Gasteiger partial charge in [-0.25, -0.2) is 0 Å². The van der Waals surface area contributed by atoms with Gasteiger partial charge in [-0.05, 0) is 24.3 Å². The smallest absolute Gasteiger partial charge is 0.140 e. The number of benzene rings is 1. The minimum atomic E-state index is 0.310. The van der Waals surface area contributed by atoms with Crippen LogP contribution in [0.15, 0.2) is 36.5 Å². The first-order valence-corrected chi connectivity index (χ1v) is 5.70. The van der Waals surface area contributed by atoms with Gasteiger partial charge in [-0.15, -0.1) is 0 Å². The van der Waals surface area contributed by atoms with Crippen LogP contribution in [-0.4, -0.2) is 4.98 Å². The SMILES string of the molecule is Nc1ccc(OCc2ccccn2)c(Cl)c1Cl. The fraction of sp³-hybridized carbons (Fsp3) is 0.0833. The molecular formula is C12H10Cl2N2O. The first-order chi connectivity index (χ1) is 8.18. The molecule has 5 heteroatoms. The van der Waals surface area contributed by atoms with Crippen LogP contribution in [0.1, 0.15) is 5.69 Å². The molecule has 0 spiro atoms. The van der Waals surface area contributed by atoms with Gasteiger partial charge in [0.1, 0.15) is 17.4 Å². The number of rotatable bonds is 3. The molecule has 2 rings (SSSR count). The minimum Gasteiger partial charge on any atom is -0.486 e. The molecule has 0 saturated heterocycles. The molecule has 0 fully saturated rings. The lowest BCUT2D eigenvalue weighted by atomic mass is 10.3. The summed E-state index contributed by atoms with van der Waals surface area (Å²) < 4.78 is 5.52. The number of hydrogen-bond acceptors (Lipinski definition) is 3. The number of halogens is 2. The van der Waals surface area contributed by atoms with E-state index in [0.717, 1.165) is 5.69 Å². The zero-order valence-electron chi connectivity index (χ0n) is 8.86. The molecule has 0 radical (unpaired) electrons. The Morgan fingerprint density at radius 1 is 1.12 bits per heavy atom. The third-order valence-electron chi connectivity index (χ3n) is 2.18. The van der Waals surface area contributed by atoms with Crippen molar-refractivity contribution in [1.82, 2.24) is 4.98 Å². The van der Waals surface area contributed by atoms with E-state index in [2.05, 4.69) is 4.98 Å². The Morgan fingerprint density at radius 2 is 1.94 bits per heavy atom. The Kier molecular flexibility index (Phi) is 3.71. The molecule has 0 aliphatic rings. The number of aromatic nitrogens is 1. The molecule has 0 saturated carbocycles. The van der Waals surface area contributed by atoms with Crippen molar-refractivity contribution in [2.24, 2.45) is 0 Å². The summed E-state index contributed by atoms with van der Waals surface area (Å²) in [6.45, 7) is 0.334. The molecule has 2 N–H and O–H groups in total. The molecule has 17 heavy (non-hydrogen) atoms. The van der Waals surface area contributed by atoms with Gasteiger partial charge < -0.3 is 10.5 Å². The summed E-state index contributed by atoms with van der Waals surface area (Å²) in [7, 11) is 0. The van der Waals surface area contributed by atoms with Gasteiger partial charge in [0.2, 0.25) is 0 Å². The third-order valence-corrected chi connectivity index (χ3v) is 3.06. The van der Waals surface area contributed by atoms with Crippen molar-refractivity contribution in [2.45, 2.75) is 6.61 Å². The van der Waals surface area contributed by atoms with Crippen molar-refractivity contribution in [3.8, 4) is 5.75 Å². The minimum absolute atomic E-state index is 0.310. The summed E-state index contributed by atoms with van der Waals surface area (Å²) >= 11 is 11.9. The normalized spacial score (nSPS) is 10.2. The van der Waals surface area contributed by atoms with E-state index >= 15 is 0 Å². The zero-order chi connectivity index (χ0) is 12.3. The second-order valence-corrected chi connectivity index (χ2v) is 4.15. The Labute approximate surface area is 109 Å². The van der Waals surface area contributed by atoms with Gasteiger partial charge in [-0.1, -0.05) is 29.3 Å². The summed E-state index contributed by atoms with van der Waals surface area (Å²) in [6.07, 6.45) is 1.70. The van der Waals surface area contributed by atoms with Crippen LogP contribution in [0.2, 0.25) is 10.0 Å². The van der Waals surface area contributed by atoms with Gasteiger partial charge in [0.05, 0.1) is 16.4 Å². The average Bonchev–Trinajstić information content (AvgIpc) is 2.36. The number of nitrogen functional groups attached to an aromatic ring is 1. The molecule has 0 bridgehead atoms. The molecule has 0 amide bonds. The summed E-state index contributed by atoms with van der Waals surface area (Å²) in [5.74, 6) is 0.497. The van der Waals surface area contributed by atoms with E-state index in [1.54, 1.807) is 18.3 Å². The lowest BCUT2D eigenvalue weighted by Crippen LogP contribution is -1.98. The van der Waals surface area contributed by atoms with E-state index < -0.39 is 0 Å². The van der Waals surface area contributed by atoms with Gasteiger partial charge in [0.25, 0.3) is 0 Å². The molecule has 0 aliphatic carbocycles. The maximum Gasteiger partial charge on any atom is 0.140 e. The van der Waals surface area contributed by atoms with Crippen molar-refractivity contribution >= 4 is 28.9 Å². The number of hydrogen-bond donors (Lipinski definition) is 1. The molecule has 0 aliphatic heterocycles. The van der Waals surface area contributed by atoms with Crippen molar-refractivity contribution < 1.29 is 4.74 Å². The first kappa shape index (κ1) is 12.0. The summed E-state index contributed by atoms with van der Waals surface area (Å²) in [5.41, 5.74) is 6.86. The van der Waals surface area contributed by atoms with Crippen molar-refractivity contribution in [2.75, 3.05) is 5.73 Å². The lowest BCUT2D eigenvalue weighted by Gasteiger charge is -2.09. The summed E-state index contributed by atoms with van der Waals surface area (Å²) in [6, 6.07) is 8.95. The highest BCUT2D eigenvalue weighted by molar-refractivity contribution is 6.44. The molecule has 1 aromatic carbocycles. The fourth-order valence-corrected chi connectivity index (χ4v) is 1.68. The monoisotopic (exact) mass is 268 g/mol. The van der Waals surface area contributed by atoms with Crippen molar-refractivity contribution in [3.05, 3.63) is 52.3 Å². The molecular weight excluding hydrogens is 259 g/mol. The lowest BCUT2D eigenvalue weighted by molar-refractivity contribution is 0.301. The molecule has 1 heterocycles. The predicted octanol–water partition coefficient (Wildman–Crippen LogP) is 3.55. The Bertz CT molecular complexity index is 517. The molecule has 3 nitrogen and oxygen atoms in total. The van der Waals surface area contributed by atoms with E-state index in [0.29, 0.717) is 28.1 Å². The highest BCUT2D eigenvalue weighted by Crippen LogP contribution is 2.36. The topological polar surface area (TPSA) is 48.1 Å². The maximum absolute atomic E-state index is 6.01. The highest BCUT2D eigenvalue weighted by atomic mass is 35.5. The van der Waals surface area contributed by atoms with E-state index in [1.165, 1.54) is 0 Å². The maximum atomic E-state index is 6.01. The van der Waals surface area contributed by atoms with Crippen LogP contribution in [0.3, 0.4) is 0 Å². The van der Waals surface area contributed by atoms with Crippen LogP contribution in [0, 0.1) is 0 Å².